The predicted molar refractivity (Wildman–Crippen MR) is 85.1 cm³/mol. The van der Waals surface area contributed by atoms with Gasteiger partial charge in [-0.15, -0.1) is 0 Å². The lowest BCUT2D eigenvalue weighted by Gasteiger charge is -2.19. The lowest BCUT2D eigenvalue weighted by Crippen LogP contribution is -2.26. The zero-order chi connectivity index (χ0) is 15.6. The monoisotopic (exact) mass is 372 g/mol. The molecule has 1 amide bonds. The number of rotatable bonds is 2. The summed E-state index contributed by atoms with van der Waals surface area (Å²) in [4.78, 5) is 15.8. The Morgan fingerprint density at radius 3 is 2.76 bits per heavy atom. The molecule has 0 aliphatic carbocycles. The van der Waals surface area contributed by atoms with E-state index in [1.807, 2.05) is 0 Å². The Balaban J connectivity index is 2.13. The van der Waals surface area contributed by atoms with Crippen LogP contribution in [0.3, 0.4) is 0 Å². The van der Waals surface area contributed by atoms with Crippen LogP contribution in [-0.4, -0.2) is 16.7 Å². The highest BCUT2D eigenvalue weighted by Crippen LogP contribution is 2.31. The fourth-order valence-electron chi connectivity index (χ4n) is 1.52. The molecule has 0 saturated carbocycles. The van der Waals surface area contributed by atoms with Gasteiger partial charge in [0.05, 0.1) is 6.20 Å². The van der Waals surface area contributed by atoms with Crippen LogP contribution in [0.4, 0.5) is 14.2 Å². The molecule has 0 spiro atoms. The van der Waals surface area contributed by atoms with E-state index in [4.69, 9.17) is 4.74 Å². The fourth-order valence-corrected chi connectivity index (χ4v) is 2.69. The van der Waals surface area contributed by atoms with Crippen molar-refractivity contribution >= 4 is 38.4 Å². The molecule has 2 aromatic rings. The molecule has 1 aromatic carbocycles. The first-order chi connectivity index (χ1) is 9.74. The minimum Gasteiger partial charge on any atom is -0.444 e. The maximum absolute atomic E-state index is 13.9. The minimum atomic E-state index is -0.574. The molecule has 0 aliphatic rings. The van der Waals surface area contributed by atoms with E-state index in [-0.39, 0.29) is 5.82 Å². The Bertz CT molecular complexity index is 667. The number of carbonyl (C=O) groups excluding carboxylic acids is 1. The van der Waals surface area contributed by atoms with Gasteiger partial charge in [0.25, 0.3) is 0 Å². The first-order valence-electron chi connectivity index (χ1n) is 6.16. The van der Waals surface area contributed by atoms with E-state index in [0.717, 1.165) is 0 Å². The molecule has 0 atom stereocenters. The van der Waals surface area contributed by atoms with Crippen molar-refractivity contribution in [2.45, 2.75) is 26.4 Å². The summed E-state index contributed by atoms with van der Waals surface area (Å²) in [5.41, 5.74) is -0.185. The molecule has 21 heavy (non-hydrogen) atoms. The molecule has 0 aliphatic heterocycles. The van der Waals surface area contributed by atoms with Crippen molar-refractivity contribution in [3.63, 3.8) is 0 Å². The van der Waals surface area contributed by atoms with Gasteiger partial charge in [0.15, 0.2) is 0 Å². The second-order valence-corrected chi connectivity index (χ2v) is 7.23. The summed E-state index contributed by atoms with van der Waals surface area (Å²) in [5, 5.41) is 3.58. The van der Waals surface area contributed by atoms with Gasteiger partial charge in [-0.3, -0.25) is 5.32 Å². The van der Waals surface area contributed by atoms with Crippen LogP contribution in [0.1, 0.15) is 20.8 Å². The van der Waals surface area contributed by atoms with Crippen LogP contribution in [0, 0.1) is 5.82 Å². The standard InChI is InChI=1S/C14H14BrFN2O2S/c1-14(2,3)20-13(19)18-11-7-17-12(21-11)9-5-4-8(15)6-10(9)16/h4-7H,1-3H3,(H,18,19). The van der Waals surface area contributed by atoms with Crippen LogP contribution < -0.4 is 5.32 Å². The summed E-state index contributed by atoms with van der Waals surface area (Å²) < 4.78 is 19.7. The van der Waals surface area contributed by atoms with Gasteiger partial charge >= 0.3 is 6.09 Å². The number of ether oxygens (including phenoxy) is 1. The number of halogens is 2. The number of hydrogen-bond donors (Lipinski definition) is 1. The second-order valence-electron chi connectivity index (χ2n) is 5.28. The molecule has 0 unspecified atom stereocenters. The number of nitrogens with zero attached hydrogens (tertiary/aromatic N) is 1. The first kappa shape index (κ1) is 15.9. The molecule has 4 nitrogen and oxygen atoms in total. The first-order valence-corrected chi connectivity index (χ1v) is 7.77. The Morgan fingerprint density at radius 2 is 2.14 bits per heavy atom. The van der Waals surface area contributed by atoms with Crippen molar-refractivity contribution < 1.29 is 13.9 Å². The third kappa shape index (κ3) is 4.50. The number of amides is 1. The lowest BCUT2D eigenvalue weighted by molar-refractivity contribution is 0.0636. The van der Waals surface area contributed by atoms with Crippen molar-refractivity contribution in [1.82, 2.24) is 4.98 Å². The normalized spacial score (nSPS) is 11.3. The highest BCUT2D eigenvalue weighted by Gasteiger charge is 2.17. The number of aromatic nitrogens is 1. The molecule has 0 bridgehead atoms. The number of anilines is 1. The van der Waals surface area contributed by atoms with E-state index in [2.05, 4.69) is 26.2 Å². The van der Waals surface area contributed by atoms with Gasteiger partial charge in [0.1, 0.15) is 21.4 Å². The van der Waals surface area contributed by atoms with Crippen molar-refractivity contribution in [2.75, 3.05) is 5.32 Å². The summed E-state index contributed by atoms with van der Waals surface area (Å²) in [7, 11) is 0. The number of carbonyl (C=O) groups is 1. The fraction of sp³-hybridized carbons (Fsp3) is 0.286. The third-order valence-electron chi connectivity index (χ3n) is 2.29. The van der Waals surface area contributed by atoms with Gasteiger partial charge in [-0.1, -0.05) is 27.3 Å². The third-order valence-corrected chi connectivity index (χ3v) is 3.73. The minimum absolute atomic E-state index is 0.373. The second kappa shape index (κ2) is 6.11. The molecule has 1 N–H and O–H groups in total. The molecule has 7 heteroatoms. The van der Waals surface area contributed by atoms with Gasteiger partial charge in [-0.05, 0) is 39.0 Å². The molecule has 2 rings (SSSR count). The van der Waals surface area contributed by atoms with Gasteiger partial charge in [-0.25, -0.2) is 14.2 Å². The summed E-state index contributed by atoms with van der Waals surface area (Å²) in [5.74, 6) is -0.373. The van der Waals surface area contributed by atoms with Crippen LogP contribution in [0.5, 0.6) is 0 Å². The van der Waals surface area contributed by atoms with Crippen molar-refractivity contribution in [3.05, 3.63) is 34.7 Å². The zero-order valence-corrected chi connectivity index (χ0v) is 14.1. The lowest BCUT2D eigenvalue weighted by atomic mass is 10.2. The van der Waals surface area contributed by atoms with E-state index in [1.165, 1.54) is 23.6 Å². The van der Waals surface area contributed by atoms with Crippen LogP contribution in [-0.2, 0) is 4.74 Å². The topological polar surface area (TPSA) is 51.2 Å². The van der Waals surface area contributed by atoms with E-state index < -0.39 is 11.7 Å². The number of hydrogen-bond acceptors (Lipinski definition) is 4. The average Bonchev–Trinajstić information content (AvgIpc) is 2.74. The van der Waals surface area contributed by atoms with Crippen molar-refractivity contribution in [3.8, 4) is 10.6 Å². The molecule has 0 radical (unpaired) electrons. The highest BCUT2D eigenvalue weighted by molar-refractivity contribution is 9.10. The number of thiazole rings is 1. The molecular weight excluding hydrogens is 359 g/mol. The zero-order valence-electron chi connectivity index (χ0n) is 11.7. The molecule has 112 valence electrons. The summed E-state index contributed by atoms with van der Waals surface area (Å²) >= 11 is 4.39. The summed E-state index contributed by atoms with van der Waals surface area (Å²) in [6.07, 6.45) is 0.916. The van der Waals surface area contributed by atoms with Gasteiger partial charge < -0.3 is 4.74 Å². The van der Waals surface area contributed by atoms with Crippen LogP contribution in [0.15, 0.2) is 28.9 Å². The summed E-state index contributed by atoms with van der Waals surface area (Å²) in [6.45, 7) is 5.34. The maximum atomic E-state index is 13.9. The Morgan fingerprint density at radius 1 is 1.43 bits per heavy atom. The Hall–Kier alpha value is -1.47. The van der Waals surface area contributed by atoms with E-state index in [1.54, 1.807) is 32.9 Å². The van der Waals surface area contributed by atoms with Crippen molar-refractivity contribution in [1.29, 1.82) is 0 Å². The largest absolute Gasteiger partial charge is 0.444 e. The number of benzene rings is 1. The smallest absolute Gasteiger partial charge is 0.412 e. The maximum Gasteiger partial charge on any atom is 0.412 e. The SMILES string of the molecule is CC(C)(C)OC(=O)Nc1cnc(-c2ccc(Br)cc2F)s1. The summed E-state index contributed by atoms with van der Waals surface area (Å²) in [6, 6.07) is 4.74. The van der Waals surface area contributed by atoms with Crippen LogP contribution in [0.25, 0.3) is 10.6 Å². The van der Waals surface area contributed by atoms with E-state index >= 15 is 0 Å². The molecule has 0 fully saturated rings. The van der Waals surface area contributed by atoms with Crippen LogP contribution in [0.2, 0.25) is 0 Å². The van der Waals surface area contributed by atoms with Gasteiger partial charge in [-0.2, -0.15) is 0 Å². The van der Waals surface area contributed by atoms with Crippen LogP contribution >= 0.6 is 27.3 Å². The molecule has 1 heterocycles. The Labute approximate surface area is 134 Å². The van der Waals surface area contributed by atoms with Crippen molar-refractivity contribution in [2.24, 2.45) is 0 Å². The Kier molecular flexibility index (Phi) is 4.63. The highest BCUT2D eigenvalue weighted by atomic mass is 79.9. The van der Waals surface area contributed by atoms with E-state index in [0.29, 0.717) is 20.0 Å². The van der Waals surface area contributed by atoms with Gasteiger partial charge in [0.2, 0.25) is 0 Å². The predicted octanol–water partition coefficient (Wildman–Crippen LogP) is 5.06. The molecule has 0 saturated heterocycles. The van der Waals surface area contributed by atoms with E-state index in [9.17, 15) is 9.18 Å². The quantitative estimate of drug-likeness (QED) is 0.801. The molecular formula is C14H14BrFN2O2S. The molecule has 1 aromatic heterocycles. The average molecular weight is 373 g/mol. The number of nitrogens with one attached hydrogen (secondary N) is 1. The van der Waals surface area contributed by atoms with Gasteiger partial charge in [0, 0.05) is 10.0 Å².